The van der Waals surface area contributed by atoms with Crippen LogP contribution in [0.5, 0.6) is 0 Å². The summed E-state index contributed by atoms with van der Waals surface area (Å²) in [6, 6.07) is 0. The summed E-state index contributed by atoms with van der Waals surface area (Å²) in [5.41, 5.74) is 0. The Morgan fingerprint density at radius 2 is 1.96 bits per heavy atom. The van der Waals surface area contributed by atoms with Crippen molar-refractivity contribution in [3.8, 4) is 0 Å². The molecular weight excluding hydrogens is 309 g/mol. The molecule has 0 radical (unpaired) electrons. The average molecular weight is 334 g/mol. The molecule has 1 heterocycles. The molecule has 1 saturated heterocycles. The number of alkyl halides is 3. The number of hydrogen-bond acceptors (Lipinski definition) is 3. The minimum atomic E-state index is -4.25. The second-order valence-electron chi connectivity index (χ2n) is 6.81. The van der Waals surface area contributed by atoms with Crippen molar-refractivity contribution >= 4 is 12.2 Å². The van der Waals surface area contributed by atoms with Crippen molar-refractivity contribution in [2.45, 2.75) is 38.3 Å². The molecule has 0 bridgehead atoms. The van der Waals surface area contributed by atoms with E-state index in [1.165, 1.54) is 4.90 Å². The van der Waals surface area contributed by atoms with Gasteiger partial charge in [0.15, 0.2) is 0 Å². The van der Waals surface area contributed by atoms with Crippen LogP contribution in [0, 0.1) is 23.7 Å². The predicted molar refractivity (Wildman–Crippen MR) is 79.7 cm³/mol. The molecule has 23 heavy (non-hydrogen) atoms. The van der Waals surface area contributed by atoms with Crippen molar-refractivity contribution in [1.29, 1.82) is 0 Å². The lowest BCUT2D eigenvalue weighted by Crippen LogP contribution is -2.49. The number of aldehydes is 1. The quantitative estimate of drug-likeness (QED) is 0.802. The van der Waals surface area contributed by atoms with Crippen molar-refractivity contribution < 1.29 is 22.8 Å². The van der Waals surface area contributed by atoms with Crippen LogP contribution in [0.2, 0.25) is 0 Å². The molecule has 1 aliphatic carbocycles. The van der Waals surface area contributed by atoms with Gasteiger partial charge in [-0.25, -0.2) is 0 Å². The smallest absolute Gasteiger partial charge is 0.345 e. The third kappa shape index (κ3) is 4.46. The normalized spacial score (nSPS) is 32.3. The van der Waals surface area contributed by atoms with E-state index < -0.39 is 18.0 Å². The maximum absolute atomic E-state index is 13.1. The van der Waals surface area contributed by atoms with Gasteiger partial charge in [-0.1, -0.05) is 12.8 Å². The molecule has 2 aliphatic rings. The fraction of sp³-hybridized carbons (Fsp3) is 0.875. The van der Waals surface area contributed by atoms with Gasteiger partial charge in [-0.2, -0.15) is 13.2 Å². The van der Waals surface area contributed by atoms with Gasteiger partial charge < -0.3 is 15.0 Å². The van der Waals surface area contributed by atoms with Gasteiger partial charge in [0.1, 0.15) is 6.29 Å². The first-order valence-electron chi connectivity index (χ1n) is 8.32. The predicted octanol–water partition coefficient (Wildman–Crippen LogP) is 2.24. The summed E-state index contributed by atoms with van der Waals surface area (Å²) in [6.45, 7) is 0.559. The van der Waals surface area contributed by atoms with Gasteiger partial charge in [0.2, 0.25) is 5.91 Å². The molecule has 1 amide bonds. The van der Waals surface area contributed by atoms with Gasteiger partial charge in [0, 0.05) is 32.0 Å². The van der Waals surface area contributed by atoms with E-state index in [2.05, 4.69) is 5.32 Å². The number of halogens is 3. The zero-order valence-electron chi connectivity index (χ0n) is 13.4. The number of carbonyl (C=O) groups is 2. The fourth-order valence-electron chi connectivity index (χ4n) is 3.87. The molecule has 132 valence electrons. The molecule has 2 fully saturated rings. The van der Waals surface area contributed by atoms with Crippen LogP contribution in [0.3, 0.4) is 0 Å². The maximum Gasteiger partial charge on any atom is 0.393 e. The molecule has 0 aromatic heterocycles. The number of piperidine rings is 1. The summed E-state index contributed by atoms with van der Waals surface area (Å²) in [6.07, 6.45) is 0.169. The lowest BCUT2D eigenvalue weighted by atomic mass is 9.79. The van der Waals surface area contributed by atoms with Crippen molar-refractivity contribution in [2.75, 3.05) is 26.7 Å². The van der Waals surface area contributed by atoms with E-state index in [1.807, 2.05) is 0 Å². The van der Waals surface area contributed by atoms with Gasteiger partial charge in [-0.05, 0) is 31.7 Å². The van der Waals surface area contributed by atoms with Crippen LogP contribution in [0.25, 0.3) is 0 Å². The van der Waals surface area contributed by atoms with Crippen LogP contribution in [-0.4, -0.2) is 50.0 Å². The second-order valence-corrected chi connectivity index (χ2v) is 6.81. The molecule has 0 aromatic carbocycles. The molecule has 4 atom stereocenters. The lowest BCUT2D eigenvalue weighted by molar-refractivity contribution is -0.194. The van der Waals surface area contributed by atoms with Crippen LogP contribution in [0.15, 0.2) is 0 Å². The summed E-state index contributed by atoms with van der Waals surface area (Å²) < 4.78 is 39.4. The molecule has 0 spiro atoms. The van der Waals surface area contributed by atoms with Gasteiger partial charge in [-0.3, -0.25) is 4.79 Å². The number of amides is 1. The fourth-order valence-corrected chi connectivity index (χ4v) is 3.87. The largest absolute Gasteiger partial charge is 0.393 e. The van der Waals surface area contributed by atoms with Crippen LogP contribution >= 0.6 is 0 Å². The van der Waals surface area contributed by atoms with Crippen LogP contribution in [0.1, 0.15) is 32.1 Å². The first-order chi connectivity index (χ1) is 10.8. The standard InChI is InChI=1S/C16H25F3N2O2/c1-21(15(23)13-5-3-2-4-12(13)10-22)9-11-6-7-20-8-14(11)16(17,18)19/h10-14,20H,2-9H2,1H3. The van der Waals surface area contributed by atoms with Crippen molar-refractivity contribution in [1.82, 2.24) is 10.2 Å². The number of carbonyl (C=O) groups excluding carboxylic acids is 2. The Hall–Kier alpha value is -1.11. The summed E-state index contributed by atoms with van der Waals surface area (Å²) in [5, 5.41) is 2.78. The monoisotopic (exact) mass is 334 g/mol. The topological polar surface area (TPSA) is 49.4 Å². The summed E-state index contributed by atoms with van der Waals surface area (Å²) in [5.74, 6) is -2.83. The Balaban J connectivity index is 2.00. The minimum Gasteiger partial charge on any atom is -0.345 e. The molecule has 7 heteroatoms. The third-order valence-corrected chi connectivity index (χ3v) is 5.24. The SMILES string of the molecule is CN(CC1CCNCC1C(F)(F)F)C(=O)C1CCCCC1C=O. The zero-order valence-corrected chi connectivity index (χ0v) is 13.4. The average Bonchev–Trinajstić information content (AvgIpc) is 2.53. The minimum absolute atomic E-state index is 0.0867. The Bertz CT molecular complexity index is 428. The molecule has 1 aliphatic heterocycles. The van der Waals surface area contributed by atoms with Gasteiger partial charge in [0.25, 0.3) is 0 Å². The van der Waals surface area contributed by atoms with E-state index in [-0.39, 0.29) is 30.8 Å². The second kappa shape index (κ2) is 7.64. The zero-order chi connectivity index (χ0) is 17.0. The van der Waals surface area contributed by atoms with Crippen LogP contribution in [0.4, 0.5) is 13.2 Å². The van der Waals surface area contributed by atoms with E-state index in [0.29, 0.717) is 25.8 Å². The molecule has 0 aromatic rings. The number of nitrogens with one attached hydrogen (secondary N) is 1. The number of nitrogens with zero attached hydrogens (tertiary/aromatic N) is 1. The Kier molecular flexibility index (Phi) is 6.06. The highest BCUT2D eigenvalue weighted by Gasteiger charge is 2.46. The summed E-state index contributed by atoms with van der Waals surface area (Å²) in [7, 11) is 1.56. The van der Waals surface area contributed by atoms with Crippen molar-refractivity contribution in [3.05, 3.63) is 0 Å². The first-order valence-corrected chi connectivity index (χ1v) is 8.32. The number of hydrogen-bond donors (Lipinski definition) is 1. The summed E-state index contributed by atoms with van der Waals surface area (Å²) >= 11 is 0. The Labute approximate surface area is 134 Å². The maximum atomic E-state index is 13.1. The molecule has 2 rings (SSSR count). The highest BCUT2D eigenvalue weighted by atomic mass is 19.4. The van der Waals surface area contributed by atoms with Gasteiger partial charge in [0.05, 0.1) is 5.92 Å². The lowest BCUT2D eigenvalue weighted by Gasteiger charge is -2.37. The number of rotatable bonds is 4. The van der Waals surface area contributed by atoms with Crippen molar-refractivity contribution in [2.24, 2.45) is 23.7 Å². The van der Waals surface area contributed by atoms with Gasteiger partial charge in [-0.15, -0.1) is 0 Å². The highest BCUT2D eigenvalue weighted by Crippen LogP contribution is 2.36. The van der Waals surface area contributed by atoms with Crippen LogP contribution < -0.4 is 5.32 Å². The first kappa shape index (κ1) is 18.2. The third-order valence-electron chi connectivity index (χ3n) is 5.24. The molecule has 4 nitrogen and oxygen atoms in total. The van der Waals surface area contributed by atoms with Crippen LogP contribution in [-0.2, 0) is 9.59 Å². The van der Waals surface area contributed by atoms with E-state index in [4.69, 9.17) is 0 Å². The summed E-state index contributed by atoms with van der Waals surface area (Å²) in [4.78, 5) is 25.1. The molecule has 1 N–H and O–H groups in total. The Morgan fingerprint density at radius 1 is 1.26 bits per heavy atom. The molecule has 4 unspecified atom stereocenters. The Morgan fingerprint density at radius 3 is 2.61 bits per heavy atom. The van der Waals surface area contributed by atoms with E-state index >= 15 is 0 Å². The van der Waals surface area contributed by atoms with E-state index in [1.54, 1.807) is 7.05 Å². The van der Waals surface area contributed by atoms with E-state index in [0.717, 1.165) is 19.1 Å². The van der Waals surface area contributed by atoms with Crippen molar-refractivity contribution in [3.63, 3.8) is 0 Å². The highest BCUT2D eigenvalue weighted by molar-refractivity contribution is 5.82. The molecular formula is C16H25F3N2O2. The molecule has 1 saturated carbocycles. The van der Waals surface area contributed by atoms with Gasteiger partial charge >= 0.3 is 6.18 Å². The van der Waals surface area contributed by atoms with E-state index in [9.17, 15) is 22.8 Å².